The van der Waals surface area contributed by atoms with Gasteiger partial charge in [-0.15, -0.1) is 0 Å². The van der Waals surface area contributed by atoms with Crippen molar-refractivity contribution in [2.45, 2.75) is 12.0 Å². The van der Waals surface area contributed by atoms with E-state index in [1.807, 2.05) is 48.5 Å². The number of fused-ring (bicyclic) bond motifs is 4. The van der Waals surface area contributed by atoms with E-state index >= 15 is 0 Å². The molecule has 0 radical (unpaired) electrons. The van der Waals surface area contributed by atoms with Gasteiger partial charge in [0.2, 0.25) is 5.91 Å². The van der Waals surface area contributed by atoms with Crippen molar-refractivity contribution in [3.8, 4) is 11.1 Å². The topological polar surface area (TPSA) is 122 Å². The molecule has 3 aliphatic rings. The molecule has 38 heavy (non-hydrogen) atoms. The van der Waals surface area contributed by atoms with Gasteiger partial charge in [-0.1, -0.05) is 65.7 Å². The second-order valence-electron chi connectivity index (χ2n) is 9.11. The van der Waals surface area contributed by atoms with Gasteiger partial charge in [0.1, 0.15) is 13.2 Å². The van der Waals surface area contributed by atoms with Crippen LogP contribution in [0.15, 0.2) is 72.8 Å². The van der Waals surface area contributed by atoms with E-state index in [-0.39, 0.29) is 30.2 Å². The van der Waals surface area contributed by atoms with Gasteiger partial charge in [-0.25, -0.2) is 9.59 Å². The number of ether oxygens (including phenoxy) is 1. The Morgan fingerprint density at radius 1 is 0.789 bits per heavy atom. The van der Waals surface area contributed by atoms with E-state index in [0.29, 0.717) is 5.06 Å². The highest BCUT2D eigenvalue weighted by molar-refractivity contribution is 6.21. The third-order valence-corrected chi connectivity index (χ3v) is 6.96. The van der Waals surface area contributed by atoms with Crippen molar-refractivity contribution in [2.75, 3.05) is 19.7 Å². The van der Waals surface area contributed by atoms with Gasteiger partial charge in [-0.05, 0) is 34.4 Å². The molecule has 2 aliphatic heterocycles. The molecule has 1 saturated heterocycles. The number of carbonyl (C=O) groups excluding carboxylic acids is 5. The van der Waals surface area contributed by atoms with Gasteiger partial charge < -0.3 is 14.9 Å². The number of piperazine rings is 1. The fourth-order valence-corrected chi connectivity index (χ4v) is 5.12. The number of hydroxylamine groups is 2. The average Bonchev–Trinajstić information content (AvgIpc) is 3.39. The lowest BCUT2D eigenvalue weighted by atomic mass is 9.98. The van der Waals surface area contributed by atoms with Crippen LogP contribution in [-0.2, 0) is 19.2 Å². The molecule has 1 atom stereocenters. The Labute approximate surface area is 216 Å². The van der Waals surface area contributed by atoms with Crippen LogP contribution in [0.5, 0.6) is 0 Å². The van der Waals surface area contributed by atoms with Gasteiger partial charge in [-0.2, -0.15) is 0 Å². The minimum atomic E-state index is -1.30. The molecule has 0 bridgehead atoms. The summed E-state index contributed by atoms with van der Waals surface area (Å²) in [6.07, 6.45) is -0.883. The molecule has 10 heteroatoms. The Bertz CT molecular complexity index is 1440. The largest absolute Gasteiger partial charge is 0.448 e. The van der Waals surface area contributed by atoms with Crippen LogP contribution in [0, 0.1) is 0 Å². The first kappa shape index (κ1) is 23.4. The van der Waals surface area contributed by atoms with E-state index in [1.165, 1.54) is 12.1 Å². The predicted molar refractivity (Wildman–Crippen MR) is 132 cm³/mol. The van der Waals surface area contributed by atoms with E-state index in [9.17, 15) is 24.0 Å². The molecule has 1 aliphatic carbocycles. The Kier molecular flexibility index (Phi) is 5.64. The van der Waals surface area contributed by atoms with E-state index in [1.54, 1.807) is 12.1 Å². The zero-order chi connectivity index (χ0) is 26.4. The van der Waals surface area contributed by atoms with Crippen LogP contribution in [0.25, 0.3) is 11.1 Å². The van der Waals surface area contributed by atoms with Crippen LogP contribution in [0.2, 0.25) is 0 Å². The third kappa shape index (κ3) is 3.78. The number of imide groups is 1. The number of nitrogens with zero attached hydrogens (tertiary/aromatic N) is 2. The first-order valence-corrected chi connectivity index (χ1v) is 12.0. The summed E-state index contributed by atoms with van der Waals surface area (Å²) in [6.45, 7) is -0.714. The molecule has 6 rings (SSSR count). The van der Waals surface area contributed by atoms with Crippen molar-refractivity contribution < 1.29 is 33.5 Å². The number of benzene rings is 3. The van der Waals surface area contributed by atoms with Crippen LogP contribution in [0.1, 0.15) is 37.8 Å². The Balaban J connectivity index is 1.18. The highest BCUT2D eigenvalue weighted by atomic mass is 16.7. The molecule has 1 unspecified atom stereocenters. The maximum absolute atomic E-state index is 13.2. The summed E-state index contributed by atoms with van der Waals surface area (Å²) in [7, 11) is 0. The fourth-order valence-electron chi connectivity index (χ4n) is 5.12. The van der Waals surface area contributed by atoms with Crippen molar-refractivity contribution >= 4 is 29.8 Å². The molecule has 4 amide bonds. The Morgan fingerprint density at radius 3 is 1.89 bits per heavy atom. The quantitative estimate of drug-likeness (QED) is 0.534. The summed E-state index contributed by atoms with van der Waals surface area (Å²) < 4.78 is 5.62. The van der Waals surface area contributed by atoms with Crippen LogP contribution in [-0.4, -0.2) is 65.5 Å². The number of amides is 4. The van der Waals surface area contributed by atoms with Gasteiger partial charge in [0, 0.05) is 12.5 Å². The number of hydrogen-bond acceptors (Lipinski definition) is 7. The molecule has 0 aromatic heterocycles. The summed E-state index contributed by atoms with van der Waals surface area (Å²) >= 11 is 0. The summed E-state index contributed by atoms with van der Waals surface area (Å²) in [6, 6.07) is 20.5. The summed E-state index contributed by atoms with van der Waals surface area (Å²) in [5, 5.41) is 2.88. The summed E-state index contributed by atoms with van der Waals surface area (Å²) in [4.78, 5) is 69.6. The van der Waals surface area contributed by atoms with Crippen LogP contribution in [0.4, 0.5) is 4.79 Å². The van der Waals surface area contributed by atoms with Gasteiger partial charge in [0.25, 0.3) is 11.8 Å². The molecule has 0 spiro atoms. The molecule has 10 nitrogen and oxygen atoms in total. The molecule has 1 fully saturated rings. The zero-order valence-electron chi connectivity index (χ0n) is 20.0. The van der Waals surface area contributed by atoms with E-state index in [0.717, 1.165) is 27.2 Å². The lowest BCUT2D eigenvalue weighted by Gasteiger charge is -2.33. The SMILES string of the molecule is O=C1CN(C(=O)OCC2c3ccccc3-c3ccccc32)C(C(=O)ON2C(=O)c3ccccc3C2=O)CN1. The zero-order valence-corrected chi connectivity index (χ0v) is 20.0. The van der Waals surface area contributed by atoms with Crippen molar-refractivity contribution in [2.24, 2.45) is 0 Å². The molecule has 2 heterocycles. The predicted octanol–water partition coefficient (Wildman–Crippen LogP) is 2.49. The standard InChI is InChI=1S/C28H21N3O7/c32-24-14-30(23(13-29-24)27(35)38-31-25(33)20-11-5-6-12-21(20)26(31)34)28(36)37-15-22-18-9-3-1-7-16(18)17-8-2-4-10-19(17)22/h1-12,22-23H,13-15H2,(H,29,32). The van der Waals surface area contributed by atoms with Crippen molar-refractivity contribution in [3.63, 3.8) is 0 Å². The fraction of sp³-hybridized carbons (Fsp3) is 0.179. The second kappa shape index (κ2) is 9.15. The first-order chi connectivity index (χ1) is 18.4. The molecule has 3 aromatic carbocycles. The number of rotatable bonds is 4. The van der Waals surface area contributed by atoms with Crippen molar-refractivity contribution in [1.82, 2.24) is 15.3 Å². The lowest BCUT2D eigenvalue weighted by Crippen LogP contribution is -2.60. The Hall–Kier alpha value is -4.99. The maximum atomic E-state index is 13.2. The normalized spacial score (nSPS) is 18.0. The second-order valence-corrected chi connectivity index (χ2v) is 9.11. The van der Waals surface area contributed by atoms with E-state index in [4.69, 9.17) is 9.57 Å². The van der Waals surface area contributed by atoms with Gasteiger partial charge in [-0.3, -0.25) is 19.3 Å². The highest BCUT2D eigenvalue weighted by Crippen LogP contribution is 2.44. The van der Waals surface area contributed by atoms with Crippen LogP contribution in [0.3, 0.4) is 0 Å². The van der Waals surface area contributed by atoms with Gasteiger partial charge in [0.05, 0.1) is 11.1 Å². The summed E-state index contributed by atoms with van der Waals surface area (Å²) in [5.41, 5.74) is 4.36. The summed E-state index contributed by atoms with van der Waals surface area (Å²) in [5.74, 6) is -3.32. The van der Waals surface area contributed by atoms with Gasteiger partial charge in [0.15, 0.2) is 6.04 Å². The molecule has 3 aromatic rings. The van der Waals surface area contributed by atoms with E-state index < -0.39 is 42.4 Å². The third-order valence-electron chi connectivity index (χ3n) is 6.96. The average molecular weight is 511 g/mol. The monoisotopic (exact) mass is 511 g/mol. The minimum absolute atomic E-state index is 0.00878. The Morgan fingerprint density at radius 2 is 1.32 bits per heavy atom. The van der Waals surface area contributed by atoms with Crippen LogP contribution >= 0.6 is 0 Å². The molecule has 0 saturated carbocycles. The lowest BCUT2D eigenvalue weighted by molar-refractivity contribution is -0.175. The molecular weight excluding hydrogens is 490 g/mol. The highest BCUT2D eigenvalue weighted by Gasteiger charge is 2.43. The van der Waals surface area contributed by atoms with Crippen molar-refractivity contribution in [3.05, 3.63) is 95.1 Å². The molecule has 1 N–H and O–H groups in total. The van der Waals surface area contributed by atoms with Gasteiger partial charge >= 0.3 is 12.1 Å². The minimum Gasteiger partial charge on any atom is -0.448 e. The number of hydrogen-bond donors (Lipinski definition) is 1. The van der Waals surface area contributed by atoms with Crippen LogP contribution < -0.4 is 5.32 Å². The number of nitrogens with one attached hydrogen (secondary N) is 1. The molecular formula is C28H21N3O7. The number of carbonyl (C=O) groups is 5. The smallest absolute Gasteiger partial charge is 0.411 e. The first-order valence-electron chi connectivity index (χ1n) is 12.0. The van der Waals surface area contributed by atoms with Crippen molar-refractivity contribution in [1.29, 1.82) is 0 Å². The van der Waals surface area contributed by atoms with E-state index in [2.05, 4.69) is 5.32 Å². The molecule has 190 valence electrons. The maximum Gasteiger partial charge on any atom is 0.411 e.